The van der Waals surface area contributed by atoms with Crippen molar-refractivity contribution in [3.8, 4) is 0 Å². The Morgan fingerprint density at radius 2 is 1.27 bits per heavy atom. The van der Waals surface area contributed by atoms with Crippen LogP contribution in [-0.4, -0.2) is 62.3 Å². The Kier molecular flexibility index (Phi) is 14.3. The van der Waals surface area contributed by atoms with Crippen LogP contribution in [0.3, 0.4) is 0 Å². The summed E-state index contributed by atoms with van der Waals surface area (Å²) in [6.07, 6.45) is -0.649. The maximum Gasteiger partial charge on any atom is 0.407 e. The van der Waals surface area contributed by atoms with Crippen LogP contribution >= 0.6 is 0 Å². The number of ether oxygens (including phenoxy) is 4. The number of carbonyl (C=O) groups is 3. The standard InChI is InChI=1S/C29H42N4O7/c1-29(2,3)40-26(34)31-16-10-15-24(32-27(35)38-18-22-11-6-4-7-12-22)20-37-21-25(17-30)33-28(36)39-19-23-13-8-5-9-14-23/h4-9,11-14,24-25H,10,15-21,30H2,1-3H3,(H,31,34)(H,32,35)(H,33,36)/t24-,25+/m0/s1. The zero-order valence-corrected chi connectivity index (χ0v) is 23.5. The second-order valence-electron chi connectivity index (χ2n) is 10.2. The number of hydrogen-bond acceptors (Lipinski definition) is 8. The minimum atomic E-state index is -0.602. The lowest BCUT2D eigenvalue weighted by atomic mass is 10.1. The maximum absolute atomic E-state index is 12.4. The highest BCUT2D eigenvalue weighted by Crippen LogP contribution is 2.07. The molecule has 2 aromatic rings. The van der Waals surface area contributed by atoms with Crippen LogP contribution in [0.4, 0.5) is 14.4 Å². The largest absolute Gasteiger partial charge is 0.445 e. The van der Waals surface area contributed by atoms with E-state index >= 15 is 0 Å². The SMILES string of the molecule is CC(C)(C)OC(=O)NCCC[C@@H](COC[C@@H](CN)NC(=O)OCc1ccccc1)NC(=O)OCc1ccccc1. The second-order valence-corrected chi connectivity index (χ2v) is 10.2. The van der Waals surface area contributed by atoms with Crippen molar-refractivity contribution in [2.75, 3.05) is 26.3 Å². The predicted molar refractivity (Wildman–Crippen MR) is 150 cm³/mol. The van der Waals surface area contributed by atoms with Gasteiger partial charge in [0.25, 0.3) is 0 Å². The van der Waals surface area contributed by atoms with E-state index in [0.717, 1.165) is 11.1 Å². The first kappa shape index (κ1) is 32.4. The quantitative estimate of drug-likeness (QED) is 0.190. The number of benzene rings is 2. The van der Waals surface area contributed by atoms with Gasteiger partial charge in [0.2, 0.25) is 0 Å². The van der Waals surface area contributed by atoms with E-state index in [1.54, 1.807) is 20.8 Å². The van der Waals surface area contributed by atoms with Crippen LogP contribution in [-0.2, 0) is 32.2 Å². The van der Waals surface area contributed by atoms with Crippen LogP contribution < -0.4 is 21.7 Å². The van der Waals surface area contributed by atoms with E-state index < -0.39 is 36.0 Å². The van der Waals surface area contributed by atoms with Crippen molar-refractivity contribution >= 4 is 18.3 Å². The Bertz CT molecular complexity index is 1020. The van der Waals surface area contributed by atoms with Crippen molar-refractivity contribution in [3.05, 3.63) is 71.8 Å². The van der Waals surface area contributed by atoms with Gasteiger partial charge in [-0.2, -0.15) is 0 Å². The lowest BCUT2D eigenvalue weighted by Crippen LogP contribution is -2.45. The highest BCUT2D eigenvalue weighted by atomic mass is 16.6. The Hall–Kier alpha value is -3.83. The molecule has 220 valence electrons. The van der Waals surface area contributed by atoms with Crippen molar-refractivity contribution in [1.82, 2.24) is 16.0 Å². The molecule has 0 bridgehead atoms. The smallest absolute Gasteiger partial charge is 0.407 e. The fourth-order valence-corrected chi connectivity index (χ4v) is 3.43. The number of nitrogens with one attached hydrogen (secondary N) is 3. The molecule has 5 N–H and O–H groups in total. The van der Waals surface area contributed by atoms with Crippen LogP contribution in [0.2, 0.25) is 0 Å². The van der Waals surface area contributed by atoms with Gasteiger partial charge in [0.1, 0.15) is 18.8 Å². The molecular formula is C29H42N4O7. The molecule has 0 aliphatic carbocycles. The van der Waals surface area contributed by atoms with Crippen LogP contribution in [0.25, 0.3) is 0 Å². The third-order valence-electron chi connectivity index (χ3n) is 5.39. The molecule has 11 heteroatoms. The molecule has 2 rings (SSSR count). The normalized spacial score (nSPS) is 12.5. The number of hydrogen-bond donors (Lipinski definition) is 4. The van der Waals surface area contributed by atoms with Crippen molar-refractivity contribution in [3.63, 3.8) is 0 Å². The zero-order valence-electron chi connectivity index (χ0n) is 23.5. The van der Waals surface area contributed by atoms with Crippen LogP contribution in [0.1, 0.15) is 44.7 Å². The summed E-state index contributed by atoms with van der Waals surface area (Å²) in [4.78, 5) is 36.5. The van der Waals surface area contributed by atoms with E-state index in [0.29, 0.717) is 19.4 Å². The summed E-state index contributed by atoms with van der Waals surface area (Å²) < 4.78 is 21.6. The van der Waals surface area contributed by atoms with Gasteiger partial charge in [0, 0.05) is 13.1 Å². The van der Waals surface area contributed by atoms with Gasteiger partial charge in [-0.3, -0.25) is 0 Å². The first-order chi connectivity index (χ1) is 19.1. The highest BCUT2D eigenvalue weighted by molar-refractivity contribution is 5.68. The average Bonchev–Trinajstić information content (AvgIpc) is 2.92. The molecule has 0 radical (unpaired) electrons. The first-order valence-corrected chi connectivity index (χ1v) is 13.3. The molecule has 2 aromatic carbocycles. The van der Waals surface area contributed by atoms with E-state index in [1.165, 1.54) is 0 Å². The van der Waals surface area contributed by atoms with Crippen molar-refractivity contribution in [2.24, 2.45) is 5.73 Å². The van der Waals surface area contributed by atoms with Crippen LogP contribution in [0.15, 0.2) is 60.7 Å². The fourth-order valence-electron chi connectivity index (χ4n) is 3.43. The van der Waals surface area contributed by atoms with E-state index in [4.69, 9.17) is 24.7 Å². The Morgan fingerprint density at radius 1 is 0.775 bits per heavy atom. The Balaban J connectivity index is 1.80. The number of alkyl carbamates (subject to hydrolysis) is 3. The van der Waals surface area contributed by atoms with Crippen molar-refractivity contribution in [1.29, 1.82) is 0 Å². The predicted octanol–water partition coefficient (Wildman–Crippen LogP) is 3.86. The molecule has 11 nitrogen and oxygen atoms in total. The molecule has 2 atom stereocenters. The summed E-state index contributed by atoms with van der Waals surface area (Å²) in [7, 11) is 0. The van der Waals surface area contributed by atoms with Crippen molar-refractivity contribution < 1.29 is 33.3 Å². The van der Waals surface area contributed by atoms with Gasteiger partial charge in [0.05, 0.1) is 25.3 Å². The number of carbonyl (C=O) groups excluding carboxylic acids is 3. The molecule has 0 fully saturated rings. The number of nitrogens with two attached hydrogens (primary N) is 1. The Labute approximate surface area is 236 Å². The molecule has 0 heterocycles. The van der Waals surface area contributed by atoms with E-state index in [1.807, 2.05) is 60.7 Å². The third kappa shape index (κ3) is 14.9. The summed E-state index contributed by atoms with van der Waals surface area (Å²) in [6, 6.07) is 17.8. The summed E-state index contributed by atoms with van der Waals surface area (Å²) in [5, 5.41) is 8.20. The van der Waals surface area contributed by atoms with E-state index in [-0.39, 0.29) is 33.0 Å². The van der Waals surface area contributed by atoms with E-state index in [2.05, 4.69) is 16.0 Å². The summed E-state index contributed by atoms with van der Waals surface area (Å²) in [5.41, 5.74) is 6.94. The minimum absolute atomic E-state index is 0.115. The van der Waals surface area contributed by atoms with Gasteiger partial charge in [-0.05, 0) is 44.7 Å². The molecule has 0 unspecified atom stereocenters. The molecule has 0 aliphatic rings. The van der Waals surface area contributed by atoms with Gasteiger partial charge in [-0.25, -0.2) is 14.4 Å². The van der Waals surface area contributed by atoms with Gasteiger partial charge in [-0.15, -0.1) is 0 Å². The maximum atomic E-state index is 12.4. The van der Waals surface area contributed by atoms with Crippen LogP contribution in [0.5, 0.6) is 0 Å². The van der Waals surface area contributed by atoms with Crippen LogP contribution in [0, 0.1) is 0 Å². The minimum Gasteiger partial charge on any atom is -0.445 e. The molecule has 40 heavy (non-hydrogen) atoms. The van der Waals surface area contributed by atoms with E-state index in [9.17, 15) is 14.4 Å². The molecule has 0 saturated carbocycles. The van der Waals surface area contributed by atoms with Crippen molar-refractivity contribution in [2.45, 2.75) is 64.5 Å². The lowest BCUT2D eigenvalue weighted by molar-refractivity contribution is 0.0523. The van der Waals surface area contributed by atoms with Gasteiger partial charge in [-0.1, -0.05) is 60.7 Å². The molecule has 0 aliphatic heterocycles. The monoisotopic (exact) mass is 558 g/mol. The second kappa shape index (κ2) is 17.7. The number of amides is 3. The zero-order chi connectivity index (χ0) is 29.2. The Morgan fingerprint density at radius 3 is 1.77 bits per heavy atom. The van der Waals surface area contributed by atoms with Gasteiger partial charge in [0.15, 0.2) is 0 Å². The first-order valence-electron chi connectivity index (χ1n) is 13.3. The summed E-state index contributed by atoms with van der Waals surface area (Å²) >= 11 is 0. The average molecular weight is 559 g/mol. The highest BCUT2D eigenvalue weighted by Gasteiger charge is 2.18. The number of rotatable bonds is 15. The van der Waals surface area contributed by atoms with Gasteiger partial charge < -0.3 is 40.6 Å². The summed E-state index contributed by atoms with van der Waals surface area (Å²) in [6.45, 7) is 6.38. The van der Waals surface area contributed by atoms with Gasteiger partial charge >= 0.3 is 18.3 Å². The molecule has 0 spiro atoms. The summed E-state index contributed by atoms with van der Waals surface area (Å²) in [5.74, 6) is 0. The fraction of sp³-hybridized carbons (Fsp3) is 0.483. The molecule has 0 aromatic heterocycles. The molecule has 3 amide bonds. The molecular weight excluding hydrogens is 516 g/mol. The molecule has 0 saturated heterocycles. The third-order valence-corrected chi connectivity index (χ3v) is 5.39. The topological polar surface area (TPSA) is 150 Å². The lowest BCUT2D eigenvalue weighted by Gasteiger charge is -2.22.